The fraction of sp³-hybridized carbons (Fsp3) is 1.00. The molecule has 0 aromatic carbocycles. The van der Waals surface area contributed by atoms with Gasteiger partial charge in [-0.2, -0.15) is 0 Å². The van der Waals surface area contributed by atoms with Crippen LogP contribution in [0.15, 0.2) is 0 Å². The third kappa shape index (κ3) is 2.39. The van der Waals surface area contributed by atoms with Gasteiger partial charge in [-0.15, -0.1) is 0 Å². The third-order valence-electron chi connectivity index (χ3n) is 1.88. The Kier molecular flexibility index (Phi) is 2.86. The van der Waals surface area contributed by atoms with Crippen LogP contribution in [0.5, 0.6) is 0 Å². The van der Waals surface area contributed by atoms with Gasteiger partial charge in [0.2, 0.25) is 0 Å². The van der Waals surface area contributed by atoms with Crippen LogP contribution in [-0.4, -0.2) is 21.8 Å². The Morgan fingerprint density at radius 1 is 1.70 bits per heavy atom. The van der Waals surface area contributed by atoms with Crippen molar-refractivity contribution in [2.75, 3.05) is 12.3 Å². The molecular weight excluding hydrogens is 146 g/mol. The highest BCUT2D eigenvalue weighted by molar-refractivity contribution is 7.85. The first kappa shape index (κ1) is 8.21. The van der Waals surface area contributed by atoms with E-state index in [1.807, 2.05) is 6.92 Å². The quantitative estimate of drug-likeness (QED) is 0.652. The number of rotatable bonds is 4. The highest BCUT2D eigenvalue weighted by Crippen LogP contribution is 2.30. The van der Waals surface area contributed by atoms with Crippen molar-refractivity contribution in [2.45, 2.75) is 25.0 Å². The van der Waals surface area contributed by atoms with Crippen LogP contribution >= 0.6 is 0 Å². The molecule has 1 aliphatic carbocycles. The highest BCUT2D eigenvalue weighted by atomic mass is 32.2. The molecule has 3 heteroatoms. The van der Waals surface area contributed by atoms with Gasteiger partial charge in [0.05, 0.1) is 0 Å². The Morgan fingerprint density at radius 3 is 2.70 bits per heavy atom. The molecule has 2 nitrogen and oxygen atoms in total. The summed E-state index contributed by atoms with van der Waals surface area (Å²) in [7, 11) is -0.657. The average molecular weight is 161 g/mol. The summed E-state index contributed by atoms with van der Waals surface area (Å²) in [5, 5.41) is 0.195. The van der Waals surface area contributed by atoms with Crippen LogP contribution in [0.4, 0.5) is 0 Å². The molecular formula is C7H15NOS. The Morgan fingerprint density at radius 2 is 2.30 bits per heavy atom. The summed E-state index contributed by atoms with van der Waals surface area (Å²) in [6, 6.07) is 0. The van der Waals surface area contributed by atoms with Crippen LogP contribution in [0.2, 0.25) is 0 Å². The van der Waals surface area contributed by atoms with Gasteiger partial charge in [0, 0.05) is 28.3 Å². The second-order valence-corrected chi connectivity index (χ2v) is 4.94. The van der Waals surface area contributed by atoms with E-state index in [0.29, 0.717) is 6.54 Å². The molecule has 2 atom stereocenters. The number of hydrogen-bond donors (Lipinski definition) is 1. The molecule has 0 radical (unpaired) electrons. The fourth-order valence-electron chi connectivity index (χ4n) is 0.788. The zero-order valence-corrected chi connectivity index (χ0v) is 7.19. The van der Waals surface area contributed by atoms with Crippen molar-refractivity contribution in [3.8, 4) is 0 Å². The van der Waals surface area contributed by atoms with Crippen LogP contribution < -0.4 is 5.73 Å². The van der Waals surface area contributed by atoms with Gasteiger partial charge >= 0.3 is 0 Å². The maximum absolute atomic E-state index is 11.3. The second-order valence-electron chi connectivity index (χ2n) is 3.04. The van der Waals surface area contributed by atoms with E-state index in [-0.39, 0.29) is 5.25 Å². The van der Waals surface area contributed by atoms with Gasteiger partial charge in [-0.1, -0.05) is 0 Å². The molecule has 2 N–H and O–H groups in total. The zero-order chi connectivity index (χ0) is 7.56. The summed E-state index contributed by atoms with van der Waals surface area (Å²) < 4.78 is 11.3. The van der Waals surface area contributed by atoms with Gasteiger partial charge in [-0.25, -0.2) is 0 Å². The van der Waals surface area contributed by atoms with Crippen LogP contribution in [0.3, 0.4) is 0 Å². The van der Waals surface area contributed by atoms with Crippen molar-refractivity contribution in [1.29, 1.82) is 0 Å². The minimum absolute atomic E-state index is 0.195. The molecule has 0 saturated heterocycles. The average Bonchev–Trinajstić information content (AvgIpc) is 2.70. The van der Waals surface area contributed by atoms with Gasteiger partial charge in [-0.05, 0) is 25.7 Å². The summed E-state index contributed by atoms with van der Waals surface area (Å²) in [5.74, 6) is 1.65. The van der Waals surface area contributed by atoms with Gasteiger partial charge < -0.3 is 5.73 Å². The summed E-state index contributed by atoms with van der Waals surface area (Å²) in [4.78, 5) is 0. The van der Waals surface area contributed by atoms with Gasteiger partial charge in [0.25, 0.3) is 0 Å². The monoisotopic (exact) mass is 161 g/mol. The standard InChI is InChI=1S/C7H15NOS/c1-6(4-8)10(9)5-7-2-3-7/h6-7H,2-5,8H2,1H3. The van der Waals surface area contributed by atoms with E-state index in [9.17, 15) is 4.21 Å². The lowest BCUT2D eigenvalue weighted by Gasteiger charge is -2.06. The predicted molar refractivity (Wildman–Crippen MR) is 44.2 cm³/mol. The van der Waals surface area contributed by atoms with Gasteiger partial charge in [0.1, 0.15) is 0 Å². The lowest BCUT2D eigenvalue weighted by atomic mass is 10.5. The molecule has 0 aromatic heterocycles. The molecule has 0 heterocycles. The predicted octanol–water partition coefficient (Wildman–Crippen LogP) is 0.492. The molecule has 1 rings (SSSR count). The van der Waals surface area contributed by atoms with Crippen LogP contribution in [0, 0.1) is 5.92 Å². The summed E-state index contributed by atoms with van der Waals surface area (Å²) in [5.41, 5.74) is 5.38. The van der Waals surface area contributed by atoms with Crippen LogP contribution in [0.1, 0.15) is 19.8 Å². The Bertz CT molecular complexity index is 134. The van der Waals surface area contributed by atoms with Crippen molar-refractivity contribution in [2.24, 2.45) is 11.7 Å². The lowest BCUT2D eigenvalue weighted by molar-refractivity contribution is 0.669. The summed E-state index contributed by atoms with van der Waals surface area (Å²) >= 11 is 0. The van der Waals surface area contributed by atoms with Crippen LogP contribution in [-0.2, 0) is 10.8 Å². The fourth-order valence-corrected chi connectivity index (χ4v) is 2.13. The maximum Gasteiger partial charge on any atom is 0.0442 e. The largest absolute Gasteiger partial charge is 0.329 e. The molecule has 0 spiro atoms. The molecule has 0 amide bonds. The Balaban J connectivity index is 2.18. The van der Waals surface area contributed by atoms with E-state index in [1.165, 1.54) is 12.8 Å². The molecule has 0 aromatic rings. The molecule has 1 aliphatic rings. The number of nitrogens with two attached hydrogens (primary N) is 1. The minimum atomic E-state index is -0.657. The van der Waals surface area contributed by atoms with E-state index in [4.69, 9.17) is 5.73 Å². The molecule has 2 unspecified atom stereocenters. The Labute approximate surface area is 64.6 Å². The normalized spacial score (nSPS) is 24.2. The molecule has 0 aliphatic heterocycles. The van der Waals surface area contributed by atoms with Crippen molar-refractivity contribution < 1.29 is 4.21 Å². The minimum Gasteiger partial charge on any atom is -0.329 e. The van der Waals surface area contributed by atoms with Crippen molar-refractivity contribution >= 4 is 10.8 Å². The lowest BCUT2D eigenvalue weighted by Crippen LogP contribution is -2.24. The Hall–Kier alpha value is 0.110. The zero-order valence-electron chi connectivity index (χ0n) is 6.38. The summed E-state index contributed by atoms with van der Waals surface area (Å²) in [6.07, 6.45) is 2.56. The van der Waals surface area contributed by atoms with E-state index in [2.05, 4.69) is 0 Å². The molecule has 0 bridgehead atoms. The first-order valence-corrected chi connectivity index (χ1v) is 5.19. The smallest absolute Gasteiger partial charge is 0.0442 e. The van der Waals surface area contributed by atoms with Gasteiger partial charge in [0.15, 0.2) is 0 Å². The highest BCUT2D eigenvalue weighted by Gasteiger charge is 2.25. The summed E-state index contributed by atoms with van der Waals surface area (Å²) in [6.45, 7) is 2.51. The topological polar surface area (TPSA) is 43.1 Å². The number of hydrogen-bond acceptors (Lipinski definition) is 2. The molecule has 10 heavy (non-hydrogen) atoms. The van der Waals surface area contributed by atoms with Gasteiger partial charge in [-0.3, -0.25) is 4.21 Å². The van der Waals surface area contributed by atoms with Crippen molar-refractivity contribution in [1.82, 2.24) is 0 Å². The van der Waals surface area contributed by atoms with E-state index in [0.717, 1.165) is 11.7 Å². The first-order valence-electron chi connectivity index (χ1n) is 3.81. The maximum atomic E-state index is 11.3. The van der Waals surface area contributed by atoms with Crippen molar-refractivity contribution in [3.63, 3.8) is 0 Å². The molecule has 1 saturated carbocycles. The molecule has 60 valence electrons. The van der Waals surface area contributed by atoms with E-state index >= 15 is 0 Å². The van der Waals surface area contributed by atoms with E-state index in [1.54, 1.807) is 0 Å². The van der Waals surface area contributed by atoms with Crippen molar-refractivity contribution in [3.05, 3.63) is 0 Å². The SMILES string of the molecule is CC(CN)S(=O)CC1CC1. The first-order chi connectivity index (χ1) is 4.74. The van der Waals surface area contributed by atoms with Crippen LogP contribution in [0.25, 0.3) is 0 Å². The van der Waals surface area contributed by atoms with E-state index < -0.39 is 10.8 Å². The second kappa shape index (κ2) is 3.49. The molecule has 1 fully saturated rings. The third-order valence-corrected chi connectivity index (χ3v) is 3.77.